The van der Waals surface area contributed by atoms with Crippen LogP contribution in [0, 0.1) is 0 Å². The Kier molecular flexibility index (Phi) is 8.48. The molecule has 174 valence electrons. The Morgan fingerprint density at radius 3 is 2.41 bits per heavy atom. The molecule has 11 heteroatoms. The minimum Gasteiger partial charge on any atom is -0.487 e. The maximum Gasteiger partial charge on any atom is 0.417 e. The molecule has 0 fully saturated rings. The van der Waals surface area contributed by atoms with E-state index in [9.17, 15) is 23.1 Å². The zero-order chi connectivity index (χ0) is 23.9. The number of nitrogens with zero attached hydrogens (tertiary/aromatic N) is 1. The van der Waals surface area contributed by atoms with Crippen molar-refractivity contribution in [2.75, 3.05) is 13.2 Å². The van der Waals surface area contributed by atoms with Gasteiger partial charge in [-0.05, 0) is 43.7 Å². The average Bonchev–Trinajstić information content (AvgIpc) is 2.71. The van der Waals surface area contributed by atoms with Crippen molar-refractivity contribution in [3.8, 4) is 11.6 Å². The lowest BCUT2D eigenvalue weighted by Crippen LogP contribution is -2.47. The third kappa shape index (κ3) is 8.03. The second-order valence-corrected chi connectivity index (χ2v) is 7.35. The molecule has 1 aromatic carbocycles. The van der Waals surface area contributed by atoms with Crippen LogP contribution in [-0.2, 0) is 15.7 Å². The Bertz CT molecular complexity index is 950. The van der Waals surface area contributed by atoms with Crippen LogP contribution in [-0.4, -0.2) is 46.3 Å². The van der Waals surface area contributed by atoms with Crippen LogP contribution in [0.1, 0.15) is 25.0 Å². The van der Waals surface area contributed by atoms with E-state index < -0.39 is 41.0 Å². The van der Waals surface area contributed by atoms with Gasteiger partial charge in [0.2, 0.25) is 5.88 Å². The second-order valence-electron chi connectivity index (χ2n) is 6.95. The highest BCUT2D eigenvalue weighted by atomic mass is 35.5. The molecule has 32 heavy (non-hydrogen) atoms. The van der Waals surface area contributed by atoms with Crippen LogP contribution in [0.4, 0.5) is 13.2 Å². The Labute approximate surface area is 187 Å². The number of carbonyl (C=O) groups is 1. The van der Waals surface area contributed by atoms with E-state index in [1.165, 1.54) is 18.2 Å². The highest BCUT2D eigenvalue weighted by Crippen LogP contribution is 2.34. The van der Waals surface area contributed by atoms with Crippen molar-refractivity contribution in [3.63, 3.8) is 0 Å². The van der Waals surface area contributed by atoms with E-state index >= 15 is 0 Å². The number of carboxylic acids is 1. The van der Waals surface area contributed by atoms with Crippen LogP contribution in [0.15, 0.2) is 42.6 Å². The van der Waals surface area contributed by atoms with Gasteiger partial charge in [-0.3, -0.25) is 0 Å². The molecule has 1 aromatic heterocycles. The highest BCUT2D eigenvalue weighted by Gasteiger charge is 2.35. The molecule has 1 heterocycles. The summed E-state index contributed by atoms with van der Waals surface area (Å²) in [4.78, 5) is 14.1. The second kappa shape index (κ2) is 10.7. The summed E-state index contributed by atoms with van der Waals surface area (Å²) in [5.41, 5.74) is -0.458. The fraction of sp³-hybridized carbons (Fsp3) is 0.333. The molecule has 0 bridgehead atoms. The molecular formula is C21H21ClF3NO6. The summed E-state index contributed by atoms with van der Waals surface area (Å²) in [7, 11) is 0. The third-order valence-electron chi connectivity index (χ3n) is 3.83. The predicted octanol–water partition coefficient (Wildman–Crippen LogP) is 4.42. The lowest BCUT2D eigenvalue weighted by atomic mass is 10.2. The summed E-state index contributed by atoms with van der Waals surface area (Å²) >= 11 is 5.86. The number of aromatic nitrogens is 1. The van der Waals surface area contributed by atoms with E-state index in [0.29, 0.717) is 23.6 Å². The first-order valence-electron chi connectivity index (χ1n) is 9.27. The summed E-state index contributed by atoms with van der Waals surface area (Å²) in [6, 6.07) is 6.89. The standard InChI is InChI=1S/C21H21ClF3NO6/c1-13(2)30-11-20(29,32-19-17(22)9-15(10-26-19)21(23,24)25)12-31-16-6-3-14(4-7-16)5-8-18(27)28/h3-10,13,29H,11-12H2,1-2H3,(H,27,28)/b8-5+. The van der Waals surface area contributed by atoms with E-state index in [2.05, 4.69) is 4.98 Å². The van der Waals surface area contributed by atoms with Gasteiger partial charge in [-0.15, -0.1) is 0 Å². The summed E-state index contributed by atoms with van der Waals surface area (Å²) in [5.74, 6) is -3.32. The number of rotatable bonds is 10. The lowest BCUT2D eigenvalue weighted by Gasteiger charge is -2.29. The molecule has 0 amide bonds. The number of alkyl halides is 3. The smallest absolute Gasteiger partial charge is 0.417 e. The van der Waals surface area contributed by atoms with Crippen LogP contribution in [0.5, 0.6) is 11.6 Å². The minimum atomic E-state index is -4.64. The zero-order valence-electron chi connectivity index (χ0n) is 17.1. The number of halogens is 4. The first-order valence-corrected chi connectivity index (χ1v) is 9.65. The fourth-order valence-corrected chi connectivity index (χ4v) is 2.48. The molecule has 0 aliphatic rings. The topological polar surface area (TPSA) is 98.1 Å². The van der Waals surface area contributed by atoms with Crippen LogP contribution >= 0.6 is 11.6 Å². The Morgan fingerprint density at radius 2 is 1.88 bits per heavy atom. The average molecular weight is 476 g/mol. The van der Waals surface area contributed by atoms with Gasteiger partial charge in [0.05, 0.1) is 11.7 Å². The summed E-state index contributed by atoms with van der Waals surface area (Å²) in [6.45, 7) is 2.58. The first-order chi connectivity index (χ1) is 14.9. The Hall–Kier alpha value is -2.82. The molecule has 0 saturated carbocycles. The number of aliphatic hydroxyl groups is 1. The van der Waals surface area contributed by atoms with Crippen molar-refractivity contribution < 1.29 is 42.4 Å². The minimum absolute atomic E-state index is 0.290. The summed E-state index contributed by atoms with van der Waals surface area (Å²) < 4.78 is 54.7. The van der Waals surface area contributed by atoms with Gasteiger partial charge in [-0.1, -0.05) is 23.7 Å². The van der Waals surface area contributed by atoms with Crippen molar-refractivity contribution in [2.45, 2.75) is 31.9 Å². The molecule has 2 aromatic rings. The quantitative estimate of drug-likeness (QED) is 0.387. The van der Waals surface area contributed by atoms with Crippen molar-refractivity contribution >= 4 is 23.6 Å². The molecule has 0 radical (unpaired) electrons. The largest absolute Gasteiger partial charge is 0.487 e. The van der Waals surface area contributed by atoms with Crippen LogP contribution in [0.25, 0.3) is 6.08 Å². The molecule has 1 atom stereocenters. The predicted molar refractivity (Wildman–Crippen MR) is 110 cm³/mol. The molecule has 0 saturated heterocycles. The first kappa shape index (κ1) is 25.4. The van der Waals surface area contributed by atoms with E-state index in [1.54, 1.807) is 26.0 Å². The van der Waals surface area contributed by atoms with Gasteiger partial charge in [0.1, 0.15) is 17.4 Å². The van der Waals surface area contributed by atoms with Crippen LogP contribution < -0.4 is 9.47 Å². The summed E-state index contributed by atoms with van der Waals surface area (Å²) in [5, 5.41) is 19.1. The van der Waals surface area contributed by atoms with E-state index in [-0.39, 0.29) is 12.7 Å². The molecule has 0 aliphatic heterocycles. The van der Waals surface area contributed by atoms with Gasteiger partial charge in [0.15, 0.2) is 6.61 Å². The fourth-order valence-electron chi connectivity index (χ4n) is 2.27. The molecule has 2 rings (SSSR count). The molecular weight excluding hydrogens is 455 g/mol. The van der Waals surface area contributed by atoms with Gasteiger partial charge in [-0.25, -0.2) is 9.78 Å². The van der Waals surface area contributed by atoms with E-state index in [4.69, 9.17) is 30.9 Å². The molecule has 0 aliphatic carbocycles. The van der Waals surface area contributed by atoms with Gasteiger partial charge >= 0.3 is 12.1 Å². The molecule has 0 spiro atoms. The SMILES string of the molecule is CC(C)OCC(O)(COc1ccc(/C=C/C(=O)O)cc1)Oc1ncc(C(F)(F)F)cc1Cl. The lowest BCUT2D eigenvalue weighted by molar-refractivity contribution is -0.202. The van der Waals surface area contributed by atoms with Gasteiger partial charge in [0, 0.05) is 12.3 Å². The molecule has 1 unspecified atom stereocenters. The number of carboxylic acid groups (broad SMARTS) is 1. The van der Waals surface area contributed by atoms with Gasteiger partial charge in [0.25, 0.3) is 5.79 Å². The zero-order valence-corrected chi connectivity index (χ0v) is 17.9. The number of ether oxygens (including phenoxy) is 3. The monoisotopic (exact) mass is 475 g/mol. The number of pyridine rings is 1. The van der Waals surface area contributed by atoms with Crippen molar-refractivity contribution in [2.24, 2.45) is 0 Å². The van der Waals surface area contributed by atoms with Gasteiger partial charge in [-0.2, -0.15) is 13.2 Å². The van der Waals surface area contributed by atoms with Crippen molar-refractivity contribution in [1.82, 2.24) is 4.98 Å². The van der Waals surface area contributed by atoms with Crippen molar-refractivity contribution in [1.29, 1.82) is 0 Å². The number of hydrogen-bond donors (Lipinski definition) is 2. The normalized spacial score (nSPS) is 13.9. The van der Waals surface area contributed by atoms with Crippen molar-refractivity contribution in [3.05, 3.63) is 58.8 Å². The van der Waals surface area contributed by atoms with Crippen LogP contribution in [0.2, 0.25) is 5.02 Å². The molecule has 7 nitrogen and oxygen atoms in total. The maximum atomic E-state index is 12.8. The summed E-state index contributed by atoms with van der Waals surface area (Å²) in [6.07, 6.45) is -2.02. The number of hydrogen-bond acceptors (Lipinski definition) is 6. The number of benzene rings is 1. The maximum absolute atomic E-state index is 12.8. The Balaban J connectivity index is 2.15. The number of aliphatic carboxylic acids is 1. The molecule has 2 N–H and O–H groups in total. The Morgan fingerprint density at radius 1 is 1.22 bits per heavy atom. The van der Waals surface area contributed by atoms with E-state index in [0.717, 1.165) is 6.08 Å². The van der Waals surface area contributed by atoms with E-state index in [1.807, 2.05) is 0 Å². The third-order valence-corrected chi connectivity index (χ3v) is 4.10. The van der Waals surface area contributed by atoms with Gasteiger partial charge < -0.3 is 24.4 Å². The van der Waals surface area contributed by atoms with Crippen LogP contribution in [0.3, 0.4) is 0 Å². The highest BCUT2D eigenvalue weighted by molar-refractivity contribution is 6.31.